The molecule has 0 aromatic heterocycles. The van der Waals surface area contributed by atoms with E-state index >= 15 is 0 Å². The van der Waals surface area contributed by atoms with Crippen LogP contribution in [0.15, 0.2) is 18.2 Å². The highest BCUT2D eigenvalue weighted by Gasteiger charge is 2.28. The van der Waals surface area contributed by atoms with E-state index in [2.05, 4.69) is 37.5 Å². The summed E-state index contributed by atoms with van der Waals surface area (Å²) in [4.78, 5) is 26.1. The molecular weight excluding hydrogens is 314 g/mol. The van der Waals surface area contributed by atoms with Gasteiger partial charge in [0, 0.05) is 30.2 Å². The number of nitrogens with zero attached hydrogens (tertiary/aromatic N) is 1. The third-order valence-electron chi connectivity index (χ3n) is 5.57. The molecule has 1 aromatic rings. The van der Waals surface area contributed by atoms with Gasteiger partial charge >= 0.3 is 0 Å². The highest BCUT2D eigenvalue weighted by atomic mass is 16.2. The number of benzene rings is 1. The van der Waals surface area contributed by atoms with E-state index in [0.717, 1.165) is 30.5 Å². The van der Waals surface area contributed by atoms with E-state index < -0.39 is 0 Å². The summed E-state index contributed by atoms with van der Waals surface area (Å²) in [6.07, 6.45) is 4.73. The number of hydrogen-bond acceptors (Lipinski definition) is 3. The fourth-order valence-corrected chi connectivity index (χ4v) is 4.04. The Morgan fingerprint density at radius 2 is 2.00 bits per heavy atom. The molecular formula is C20H29N3O2. The summed E-state index contributed by atoms with van der Waals surface area (Å²) in [6.45, 7) is 6.74. The van der Waals surface area contributed by atoms with Crippen LogP contribution in [-0.4, -0.2) is 35.3 Å². The second-order valence-corrected chi connectivity index (χ2v) is 7.50. The van der Waals surface area contributed by atoms with Crippen LogP contribution < -0.4 is 10.6 Å². The standard InChI is InChI=1S/C20H29N3O2/c1-13-5-4-6-14(2)23(13)20(25)12-21-15(3)16-7-9-18-17(11-16)8-10-19(24)22-18/h7,9,11,13-15,21H,4-6,8,10,12H2,1-3H3,(H,22,24). The smallest absolute Gasteiger partial charge is 0.237 e. The van der Waals surface area contributed by atoms with Gasteiger partial charge < -0.3 is 15.5 Å². The van der Waals surface area contributed by atoms with Crippen molar-refractivity contribution in [2.24, 2.45) is 0 Å². The molecule has 2 aliphatic rings. The van der Waals surface area contributed by atoms with Crippen molar-refractivity contribution in [2.45, 2.75) is 71.0 Å². The van der Waals surface area contributed by atoms with Crippen LogP contribution in [0.25, 0.3) is 0 Å². The van der Waals surface area contributed by atoms with Gasteiger partial charge in [0.15, 0.2) is 0 Å². The highest BCUT2D eigenvalue weighted by molar-refractivity contribution is 5.93. The van der Waals surface area contributed by atoms with Crippen molar-refractivity contribution in [3.05, 3.63) is 29.3 Å². The molecule has 2 aliphatic heterocycles. The maximum atomic E-state index is 12.6. The summed E-state index contributed by atoms with van der Waals surface area (Å²) >= 11 is 0. The van der Waals surface area contributed by atoms with Gasteiger partial charge in [-0.05, 0) is 63.6 Å². The number of piperidine rings is 1. The largest absolute Gasteiger partial charge is 0.336 e. The van der Waals surface area contributed by atoms with Crippen molar-refractivity contribution in [3.63, 3.8) is 0 Å². The molecule has 0 aliphatic carbocycles. The Kier molecular flexibility index (Phi) is 5.42. The first-order chi connectivity index (χ1) is 12.0. The zero-order valence-corrected chi connectivity index (χ0v) is 15.5. The molecule has 1 saturated heterocycles. The van der Waals surface area contributed by atoms with Crippen LogP contribution in [0, 0.1) is 0 Å². The second-order valence-electron chi connectivity index (χ2n) is 7.50. The van der Waals surface area contributed by atoms with Crippen LogP contribution in [0.2, 0.25) is 0 Å². The zero-order valence-electron chi connectivity index (χ0n) is 15.5. The predicted octanol–water partition coefficient (Wildman–Crippen LogP) is 3.01. The van der Waals surface area contributed by atoms with Gasteiger partial charge in [0.1, 0.15) is 0 Å². The SMILES string of the molecule is CC(NCC(=O)N1C(C)CCCC1C)c1ccc2c(c1)CCC(=O)N2. The molecule has 0 spiro atoms. The first-order valence-corrected chi connectivity index (χ1v) is 9.43. The van der Waals surface area contributed by atoms with Crippen LogP contribution in [0.1, 0.15) is 63.6 Å². The maximum absolute atomic E-state index is 12.6. The fraction of sp³-hybridized carbons (Fsp3) is 0.600. The van der Waals surface area contributed by atoms with E-state index in [-0.39, 0.29) is 17.9 Å². The number of fused-ring (bicyclic) bond motifs is 1. The van der Waals surface area contributed by atoms with Crippen LogP contribution in [0.3, 0.4) is 0 Å². The van der Waals surface area contributed by atoms with Gasteiger partial charge in [0.25, 0.3) is 0 Å². The summed E-state index contributed by atoms with van der Waals surface area (Å²) in [5.74, 6) is 0.276. The lowest BCUT2D eigenvalue weighted by Gasteiger charge is -2.39. The third kappa shape index (κ3) is 4.03. The molecule has 0 saturated carbocycles. The summed E-state index contributed by atoms with van der Waals surface area (Å²) in [7, 11) is 0. The van der Waals surface area contributed by atoms with Gasteiger partial charge in [0.2, 0.25) is 11.8 Å². The molecule has 5 heteroatoms. The van der Waals surface area contributed by atoms with Crippen LogP contribution in [-0.2, 0) is 16.0 Å². The Balaban J connectivity index is 1.60. The summed E-state index contributed by atoms with van der Waals surface area (Å²) in [5.41, 5.74) is 3.25. The quantitative estimate of drug-likeness (QED) is 0.883. The second kappa shape index (κ2) is 7.56. The number of rotatable bonds is 4. The van der Waals surface area contributed by atoms with E-state index in [4.69, 9.17) is 0 Å². The monoisotopic (exact) mass is 343 g/mol. The predicted molar refractivity (Wildman–Crippen MR) is 99.4 cm³/mol. The molecule has 5 nitrogen and oxygen atoms in total. The van der Waals surface area contributed by atoms with Crippen LogP contribution in [0.5, 0.6) is 0 Å². The average Bonchev–Trinajstić information content (AvgIpc) is 2.59. The molecule has 3 rings (SSSR count). The first kappa shape index (κ1) is 17.9. The number of aryl methyl sites for hydroxylation is 1. The molecule has 25 heavy (non-hydrogen) atoms. The van der Waals surface area contributed by atoms with Gasteiger partial charge in [-0.2, -0.15) is 0 Å². The molecule has 2 N–H and O–H groups in total. The van der Waals surface area contributed by atoms with Crippen molar-refractivity contribution in [1.82, 2.24) is 10.2 Å². The zero-order chi connectivity index (χ0) is 18.0. The van der Waals surface area contributed by atoms with Gasteiger partial charge in [-0.3, -0.25) is 9.59 Å². The minimum absolute atomic E-state index is 0.0850. The minimum Gasteiger partial charge on any atom is -0.336 e. The lowest BCUT2D eigenvalue weighted by atomic mass is 9.97. The lowest BCUT2D eigenvalue weighted by molar-refractivity contribution is -0.136. The molecule has 136 valence electrons. The topological polar surface area (TPSA) is 61.4 Å². The number of carbonyl (C=O) groups excluding carboxylic acids is 2. The minimum atomic E-state index is 0.0850. The molecule has 1 fully saturated rings. The summed E-state index contributed by atoms with van der Waals surface area (Å²) in [5, 5.41) is 6.28. The number of carbonyl (C=O) groups is 2. The third-order valence-corrected chi connectivity index (χ3v) is 5.57. The Morgan fingerprint density at radius 3 is 2.72 bits per heavy atom. The van der Waals surface area contributed by atoms with Crippen molar-refractivity contribution in [2.75, 3.05) is 11.9 Å². The fourth-order valence-electron chi connectivity index (χ4n) is 4.04. The average molecular weight is 343 g/mol. The highest BCUT2D eigenvalue weighted by Crippen LogP contribution is 2.26. The number of anilines is 1. The van der Waals surface area contributed by atoms with Gasteiger partial charge in [0.05, 0.1) is 6.54 Å². The normalized spacial score (nSPS) is 24.4. The van der Waals surface area contributed by atoms with Crippen molar-refractivity contribution in [3.8, 4) is 0 Å². The molecule has 2 amide bonds. The van der Waals surface area contributed by atoms with Crippen LogP contribution in [0.4, 0.5) is 5.69 Å². The van der Waals surface area contributed by atoms with Gasteiger partial charge in [-0.25, -0.2) is 0 Å². The molecule has 3 atom stereocenters. The Hall–Kier alpha value is -1.88. The maximum Gasteiger partial charge on any atom is 0.237 e. The van der Waals surface area contributed by atoms with E-state index in [0.29, 0.717) is 25.0 Å². The van der Waals surface area contributed by atoms with Crippen molar-refractivity contribution < 1.29 is 9.59 Å². The number of amides is 2. The van der Waals surface area contributed by atoms with E-state index in [9.17, 15) is 9.59 Å². The van der Waals surface area contributed by atoms with Crippen LogP contribution >= 0.6 is 0 Å². The molecule has 2 heterocycles. The molecule has 0 bridgehead atoms. The van der Waals surface area contributed by atoms with Crippen molar-refractivity contribution >= 4 is 17.5 Å². The molecule has 1 aromatic carbocycles. The van der Waals surface area contributed by atoms with Gasteiger partial charge in [-0.15, -0.1) is 0 Å². The summed E-state index contributed by atoms with van der Waals surface area (Å²) < 4.78 is 0. The van der Waals surface area contributed by atoms with Gasteiger partial charge in [-0.1, -0.05) is 12.1 Å². The number of hydrogen-bond donors (Lipinski definition) is 2. The Morgan fingerprint density at radius 1 is 1.28 bits per heavy atom. The van der Waals surface area contributed by atoms with E-state index in [1.165, 1.54) is 12.0 Å². The number of nitrogens with one attached hydrogen (secondary N) is 2. The Bertz CT molecular complexity index is 648. The molecule has 0 radical (unpaired) electrons. The molecule has 3 unspecified atom stereocenters. The number of likely N-dealkylation sites (tertiary alicyclic amines) is 1. The summed E-state index contributed by atoms with van der Waals surface area (Å²) in [6, 6.07) is 6.90. The van der Waals surface area contributed by atoms with E-state index in [1.54, 1.807) is 0 Å². The van der Waals surface area contributed by atoms with Crippen molar-refractivity contribution in [1.29, 1.82) is 0 Å². The lowest BCUT2D eigenvalue weighted by Crippen LogP contribution is -2.50. The van der Waals surface area contributed by atoms with E-state index in [1.807, 2.05) is 17.0 Å². The Labute approximate surface area is 150 Å². The first-order valence-electron chi connectivity index (χ1n) is 9.43.